The van der Waals surface area contributed by atoms with Gasteiger partial charge in [-0.1, -0.05) is 27.2 Å². The van der Waals surface area contributed by atoms with Gasteiger partial charge in [0.05, 0.1) is 31.1 Å². The molecule has 1 aromatic heterocycles. The van der Waals surface area contributed by atoms with Crippen LogP contribution in [0.1, 0.15) is 58.7 Å². The molecule has 1 N–H and O–H groups in total. The van der Waals surface area contributed by atoms with Gasteiger partial charge < -0.3 is 15.0 Å². The largest absolute Gasteiger partial charge is 0.379 e. The highest BCUT2D eigenvalue weighted by Crippen LogP contribution is 2.42. The van der Waals surface area contributed by atoms with Crippen LogP contribution in [-0.4, -0.2) is 91.3 Å². The molecule has 0 spiro atoms. The standard InChI is InChI=1S/C26H41F2N5O2/c1-6-7-26(27,28)20-10-22-24(30-11-20)25(4,5)17-33(22)23(34)15-32-13-18(2)29-12-21(32)14-31-8-9-35-16-19(31)3/h10-11,18-19,21,29H,6-9,12-17H2,1-5H3/t18-,19?,21-/m1/s1. The number of hydrogen-bond acceptors (Lipinski definition) is 6. The van der Waals surface area contributed by atoms with Gasteiger partial charge in [-0.3, -0.25) is 19.6 Å². The second-order valence-corrected chi connectivity index (χ2v) is 11.2. The van der Waals surface area contributed by atoms with E-state index in [1.54, 1.807) is 11.8 Å². The summed E-state index contributed by atoms with van der Waals surface area (Å²) in [5.74, 6) is -3.00. The number of piperazine rings is 1. The summed E-state index contributed by atoms with van der Waals surface area (Å²) in [5.41, 5.74) is 0.760. The molecule has 4 heterocycles. The van der Waals surface area contributed by atoms with Crippen molar-refractivity contribution in [2.75, 3.05) is 57.4 Å². The van der Waals surface area contributed by atoms with E-state index in [2.05, 4.69) is 33.9 Å². The Morgan fingerprint density at radius 2 is 2.09 bits per heavy atom. The second-order valence-electron chi connectivity index (χ2n) is 11.2. The Kier molecular flexibility index (Phi) is 7.81. The molecule has 0 radical (unpaired) electrons. The molecule has 1 aromatic rings. The van der Waals surface area contributed by atoms with E-state index in [1.807, 2.05) is 13.8 Å². The summed E-state index contributed by atoms with van der Waals surface area (Å²) in [6.45, 7) is 15.6. The molecular formula is C26H41F2N5O2. The zero-order valence-electron chi connectivity index (χ0n) is 21.8. The van der Waals surface area contributed by atoms with Crippen LogP contribution >= 0.6 is 0 Å². The molecule has 9 heteroatoms. The summed E-state index contributed by atoms with van der Waals surface area (Å²) < 4.78 is 35.0. The summed E-state index contributed by atoms with van der Waals surface area (Å²) in [7, 11) is 0. The average molecular weight is 494 g/mol. The second kappa shape index (κ2) is 10.4. The summed E-state index contributed by atoms with van der Waals surface area (Å²) in [4.78, 5) is 24.5. The highest BCUT2D eigenvalue weighted by atomic mass is 19.3. The highest BCUT2D eigenvalue weighted by molar-refractivity contribution is 5.97. The predicted octanol–water partition coefficient (Wildman–Crippen LogP) is 2.98. The van der Waals surface area contributed by atoms with Crippen molar-refractivity contribution in [1.29, 1.82) is 0 Å². The van der Waals surface area contributed by atoms with Crippen molar-refractivity contribution in [2.45, 2.75) is 76.9 Å². The quantitative estimate of drug-likeness (QED) is 0.630. The van der Waals surface area contributed by atoms with Crippen LogP contribution in [-0.2, 0) is 20.9 Å². The Morgan fingerprint density at radius 1 is 1.31 bits per heavy atom. The number of morpholine rings is 1. The maximum atomic E-state index is 14.7. The van der Waals surface area contributed by atoms with Crippen LogP contribution in [0.15, 0.2) is 12.3 Å². The van der Waals surface area contributed by atoms with Gasteiger partial charge in [-0.05, 0) is 19.9 Å². The lowest BCUT2D eigenvalue weighted by Gasteiger charge is -2.43. The molecular weight excluding hydrogens is 452 g/mol. The van der Waals surface area contributed by atoms with E-state index in [1.165, 1.54) is 12.3 Å². The van der Waals surface area contributed by atoms with E-state index in [9.17, 15) is 13.6 Å². The molecule has 1 unspecified atom stereocenters. The molecule has 0 aromatic carbocycles. The Balaban J connectivity index is 1.53. The van der Waals surface area contributed by atoms with Crippen LogP contribution in [0.5, 0.6) is 0 Å². The number of carbonyl (C=O) groups is 1. The first-order valence-electron chi connectivity index (χ1n) is 13.0. The number of carbonyl (C=O) groups excluding carboxylic acids is 1. The molecule has 7 nitrogen and oxygen atoms in total. The minimum Gasteiger partial charge on any atom is -0.379 e. The van der Waals surface area contributed by atoms with Gasteiger partial charge in [0.2, 0.25) is 5.91 Å². The number of hydrogen-bond donors (Lipinski definition) is 1. The van der Waals surface area contributed by atoms with E-state index in [0.29, 0.717) is 30.4 Å². The molecule has 0 saturated carbocycles. The summed E-state index contributed by atoms with van der Waals surface area (Å²) in [5, 5.41) is 3.56. The first kappa shape index (κ1) is 26.4. The van der Waals surface area contributed by atoms with Crippen molar-refractivity contribution in [2.24, 2.45) is 0 Å². The minimum atomic E-state index is -2.95. The number of aromatic nitrogens is 1. The monoisotopic (exact) mass is 493 g/mol. The van der Waals surface area contributed by atoms with E-state index in [4.69, 9.17) is 4.74 Å². The fourth-order valence-corrected chi connectivity index (χ4v) is 5.58. The van der Waals surface area contributed by atoms with Gasteiger partial charge in [0.1, 0.15) is 0 Å². The number of ether oxygens (including phenoxy) is 1. The van der Waals surface area contributed by atoms with Crippen LogP contribution in [0.2, 0.25) is 0 Å². The number of nitrogens with one attached hydrogen (secondary N) is 1. The van der Waals surface area contributed by atoms with Gasteiger partial charge in [-0.2, -0.15) is 0 Å². The smallest absolute Gasteiger partial charge is 0.274 e. The zero-order chi connectivity index (χ0) is 25.4. The minimum absolute atomic E-state index is 0.0521. The first-order chi connectivity index (χ1) is 16.5. The lowest BCUT2D eigenvalue weighted by atomic mass is 9.91. The molecule has 2 fully saturated rings. The number of pyridine rings is 1. The first-order valence-corrected chi connectivity index (χ1v) is 13.0. The number of alkyl halides is 2. The van der Waals surface area contributed by atoms with Gasteiger partial charge in [-0.25, -0.2) is 8.78 Å². The molecule has 3 atom stereocenters. The Labute approximate surface area is 208 Å². The van der Waals surface area contributed by atoms with E-state index in [0.717, 1.165) is 39.4 Å². The molecule has 0 bridgehead atoms. The Hall–Kier alpha value is -1.68. The number of amides is 1. The maximum Gasteiger partial charge on any atom is 0.274 e. The molecule has 1 amide bonds. The van der Waals surface area contributed by atoms with Crippen molar-refractivity contribution in [1.82, 2.24) is 20.1 Å². The molecule has 35 heavy (non-hydrogen) atoms. The maximum absolute atomic E-state index is 14.7. The van der Waals surface area contributed by atoms with E-state index >= 15 is 0 Å². The molecule has 4 rings (SSSR count). The van der Waals surface area contributed by atoms with Gasteiger partial charge in [0, 0.05) is 74.4 Å². The lowest BCUT2D eigenvalue weighted by Crippen LogP contribution is -2.62. The average Bonchev–Trinajstić information content (AvgIpc) is 3.07. The predicted molar refractivity (Wildman–Crippen MR) is 133 cm³/mol. The number of halogens is 2. The summed E-state index contributed by atoms with van der Waals surface area (Å²) >= 11 is 0. The van der Waals surface area contributed by atoms with Gasteiger partial charge >= 0.3 is 0 Å². The molecule has 0 aliphatic carbocycles. The van der Waals surface area contributed by atoms with Crippen molar-refractivity contribution in [3.05, 3.63) is 23.5 Å². The number of rotatable bonds is 7. The molecule has 3 aliphatic rings. The zero-order valence-corrected chi connectivity index (χ0v) is 21.8. The fourth-order valence-electron chi connectivity index (χ4n) is 5.58. The topological polar surface area (TPSA) is 60.9 Å². The Morgan fingerprint density at radius 3 is 2.80 bits per heavy atom. The van der Waals surface area contributed by atoms with E-state index < -0.39 is 5.92 Å². The Bertz CT molecular complexity index is 912. The normalized spacial score (nSPS) is 27.7. The van der Waals surface area contributed by atoms with Crippen molar-refractivity contribution >= 4 is 11.6 Å². The molecule has 3 aliphatic heterocycles. The third-order valence-electron chi connectivity index (χ3n) is 7.66. The van der Waals surface area contributed by atoms with Crippen molar-refractivity contribution < 1.29 is 18.3 Å². The van der Waals surface area contributed by atoms with Gasteiger partial charge in [-0.15, -0.1) is 0 Å². The third-order valence-corrected chi connectivity index (χ3v) is 7.66. The summed E-state index contributed by atoms with van der Waals surface area (Å²) in [6.07, 6.45) is 1.44. The van der Waals surface area contributed by atoms with E-state index in [-0.39, 0.29) is 41.9 Å². The van der Waals surface area contributed by atoms with Crippen molar-refractivity contribution in [3.63, 3.8) is 0 Å². The van der Waals surface area contributed by atoms with Gasteiger partial charge in [0.15, 0.2) is 0 Å². The SMILES string of the molecule is CCCC(F)(F)c1cnc2c(c1)N(C(=O)CN1C[C@@H](C)NC[C@@H]1CN1CCOCC1C)CC2(C)C. The van der Waals surface area contributed by atoms with Crippen molar-refractivity contribution in [3.8, 4) is 0 Å². The summed E-state index contributed by atoms with van der Waals surface area (Å²) in [6, 6.07) is 2.33. The lowest BCUT2D eigenvalue weighted by molar-refractivity contribution is -0.121. The van der Waals surface area contributed by atoms with Crippen LogP contribution in [0.25, 0.3) is 0 Å². The molecule has 2 saturated heterocycles. The fraction of sp³-hybridized carbons (Fsp3) is 0.769. The third kappa shape index (κ3) is 5.68. The molecule has 196 valence electrons. The van der Waals surface area contributed by atoms with Crippen LogP contribution in [0.4, 0.5) is 14.5 Å². The highest BCUT2D eigenvalue weighted by Gasteiger charge is 2.42. The van der Waals surface area contributed by atoms with Crippen LogP contribution in [0, 0.1) is 0 Å². The number of anilines is 1. The number of fused-ring (bicyclic) bond motifs is 1. The van der Waals surface area contributed by atoms with Crippen LogP contribution < -0.4 is 10.2 Å². The van der Waals surface area contributed by atoms with Gasteiger partial charge in [0.25, 0.3) is 5.92 Å². The van der Waals surface area contributed by atoms with Crippen LogP contribution in [0.3, 0.4) is 0 Å². The number of nitrogens with zero attached hydrogens (tertiary/aromatic N) is 4.